The molecular weight excluding hydrogens is 406 g/mol. The number of para-hydroxylation sites is 1. The van der Waals surface area contributed by atoms with Crippen molar-refractivity contribution in [2.75, 3.05) is 5.32 Å². The van der Waals surface area contributed by atoms with Gasteiger partial charge < -0.3 is 20.1 Å². The predicted octanol–water partition coefficient (Wildman–Crippen LogP) is 2.24. The number of carboxylic acids is 1. The zero-order valence-corrected chi connectivity index (χ0v) is 16.4. The van der Waals surface area contributed by atoms with Gasteiger partial charge >= 0.3 is 12.0 Å². The highest BCUT2D eigenvalue weighted by Crippen LogP contribution is 2.51. The zero-order valence-electron chi connectivity index (χ0n) is 14.9. The summed E-state index contributed by atoms with van der Waals surface area (Å²) in [6.07, 6.45) is 0. The van der Waals surface area contributed by atoms with Gasteiger partial charge in [0.1, 0.15) is 23.2 Å². The van der Waals surface area contributed by atoms with E-state index in [0.29, 0.717) is 5.75 Å². The summed E-state index contributed by atoms with van der Waals surface area (Å²) in [7, 11) is 0. The Labute approximate surface area is 169 Å². The van der Waals surface area contributed by atoms with Gasteiger partial charge in [0.2, 0.25) is 17.1 Å². The first-order chi connectivity index (χ1) is 13.3. The number of carbonyl (C=O) groups excluding carboxylic acids is 1. The van der Waals surface area contributed by atoms with Crippen molar-refractivity contribution in [2.45, 2.75) is 36.1 Å². The molecule has 28 heavy (non-hydrogen) atoms. The molecule has 146 valence electrons. The molecular formula is C17H16ClN5O4S. The second-order valence-electron chi connectivity index (χ2n) is 6.85. The van der Waals surface area contributed by atoms with Gasteiger partial charge in [0.05, 0.1) is 0 Å². The van der Waals surface area contributed by atoms with Crippen molar-refractivity contribution in [3.63, 3.8) is 0 Å². The number of β-lactam (4-membered cyclic amide) rings is 1. The topological polar surface area (TPSA) is 118 Å². The van der Waals surface area contributed by atoms with E-state index in [1.165, 1.54) is 16.7 Å². The molecule has 0 unspecified atom stereocenters. The molecule has 1 aromatic heterocycles. The van der Waals surface area contributed by atoms with E-state index in [1.807, 2.05) is 19.9 Å². The number of benzene rings is 1. The molecule has 2 N–H and O–H groups in total. The lowest BCUT2D eigenvalue weighted by molar-refractivity contribution is -0.158. The number of nitrogens with zero attached hydrogens (tertiary/aromatic N) is 4. The summed E-state index contributed by atoms with van der Waals surface area (Å²) in [6.45, 7) is 3.62. The smallest absolute Gasteiger partial charge is 0.328 e. The molecule has 9 nitrogen and oxygen atoms in total. The molecule has 2 aliphatic rings. The van der Waals surface area contributed by atoms with Gasteiger partial charge in [0, 0.05) is 4.75 Å². The summed E-state index contributed by atoms with van der Waals surface area (Å²) in [4.78, 5) is 37.6. The summed E-state index contributed by atoms with van der Waals surface area (Å²) in [5.74, 6) is -0.730. The van der Waals surface area contributed by atoms with Crippen LogP contribution in [0.4, 0.5) is 5.95 Å². The van der Waals surface area contributed by atoms with Crippen molar-refractivity contribution in [3.8, 4) is 11.8 Å². The van der Waals surface area contributed by atoms with Gasteiger partial charge in [-0.1, -0.05) is 18.2 Å². The number of halogens is 1. The van der Waals surface area contributed by atoms with Crippen LogP contribution in [0.5, 0.6) is 11.8 Å². The fourth-order valence-electron chi connectivity index (χ4n) is 3.32. The molecule has 2 aliphatic heterocycles. The molecule has 2 aromatic rings. The van der Waals surface area contributed by atoms with Crippen molar-refractivity contribution in [1.82, 2.24) is 19.9 Å². The van der Waals surface area contributed by atoms with Crippen LogP contribution in [-0.2, 0) is 9.59 Å². The van der Waals surface area contributed by atoms with Gasteiger partial charge in [-0.2, -0.15) is 15.0 Å². The van der Waals surface area contributed by atoms with Crippen LogP contribution in [0.15, 0.2) is 30.3 Å². The van der Waals surface area contributed by atoms with E-state index in [4.69, 9.17) is 16.3 Å². The number of hydrogen-bond donors (Lipinski definition) is 2. The number of aromatic nitrogens is 3. The van der Waals surface area contributed by atoms with E-state index >= 15 is 0 Å². The molecule has 2 saturated heterocycles. The van der Waals surface area contributed by atoms with Crippen LogP contribution in [0.3, 0.4) is 0 Å². The Morgan fingerprint density at radius 2 is 2.00 bits per heavy atom. The normalized spacial score (nSPS) is 25.0. The molecule has 2 fully saturated rings. The van der Waals surface area contributed by atoms with Crippen LogP contribution in [0.2, 0.25) is 5.28 Å². The molecule has 0 bridgehead atoms. The monoisotopic (exact) mass is 421 g/mol. The Bertz CT molecular complexity index is 944. The van der Waals surface area contributed by atoms with E-state index in [9.17, 15) is 14.7 Å². The first-order valence-corrected chi connectivity index (χ1v) is 9.66. The second-order valence-corrected chi connectivity index (χ2v) is 8.95. The standard InChI is InChI=1S/C17H16ClN5O4S/c1-17(2)10(13(25)26)23-11(24)9(12(23)28-17)19-15-20-14(18)21-16(22-15)27-8-6-4-3-5-7-8/h3-7,9-10,12H,1-2H3,(H,25,26)(H,19,20,21,22)/t9-,10+,12-/m1/s1. The lowest BCUT2D eigenvalue weighted by Crippen LogP contribution is -2.68. The predicted molar refractivity (Wildman–Crippen MR) is 102 cm³/mol. The first-order valence-electron chi connectivity index (χ1n) is 8.40. The lowest BCUT2D eigenvalue weighted by atomic mass is 9.96. The Balaban J connectivity index is 1.53. The molecule has 11 heteroatoms. The maximum absolute atomic E-state index is 12.6. The van der Waals surface area contributed by atoms with Crippen LogP contribution < -0.4 is 10.1 Å². The van der Waals surface area contributed by atoms with Crippen LogP contribution in [-0.4, -0.2) is 59.0 Å². The highest BCUT2D eigenvalue weighted by molar-refractivity contribution is 8.01. The third-order valence-electron chi connectivity index (χ3n) is 4.50. The molecule has 0 saturated carbocycles. The molecule has 0 spiro atoms. The number of rotatable bonds is 5. The fraction of sp³-hybridized carbons (Fsp3) is 0.353. The van der Waals surface area contributed by atoms with Gasteiger partial charge in [0.25, 0.3) is 0 Å². The summed E-state index contributed by atoms with van der Waals surface area (Å²) in [6, 6.07) is 7.37. The number of carboxylic acid groups (broad SMARTS) is 1. The van der Waals surface area contributed by atoms with E-state index in [2.05, 4.69) is 20.3 Å². The number of fused-ring (bicyclic) bond motifs is 1. The van der Waals surface area contributed by atoms with Gasteiger partial charge in [-0.25, -0.2) is 4.79 Å². The van der Waals surface area contributed by atoms with Crippen molar-refractivity contribution >= 4 is 41.2 Å². The van der Waals surface area contributed by atoms with Crippen molar-refractivity contribution < 1.29 is 19.4 Å². The number of nitrogens with one attached hydrogen (secondary N) is 1. The number of aliphatic carboxylic acids is 1. The summed E-state index contributed by atoms with van der Waals surface area (Å²) in [5.41, 5.74) is 0. The van der Waals surface area contributed by atoms with Gasteiger partial charge in [-0.05, 0) is 37.6 Å². The van der Waals surface area contributed by atoms with Gasteiger partial charge in [0.15, 0.2) is 0 Å². The number of amides is 1. The molecule has 0 radical (unpaired) electrons. The minimum absolute atomic E-state index is 0.0138. The zero-order chi connectivity index (χ0) is 20.1. The average Bonchev–Trinajstić information content (AvgIpc) is 2.88. The minimum Gasteiger partial charge on any atom is -0.480 e. The summed E-state index contributed by atoms with van der Waals surface area (Å²) in [5, 5.41) is 12.0. The minimum atomic E-state index is -1.02. The number of carbonyl (C=O) groups is 2. The third kappa shape index (κ3) is 3.22. The van der Waals surface area contributed by atoms with Crippen LogP contribution in [0.1, 0.15) is 13.8 Å². The Hall–Kier alpha value is -2.59. The molecule has 1 aromatic carbocycles. The quantitative estimate of drug-likeness (QED) is 0.700. The average molecular weight is 422 g/mol. The lowest BCUT2D eigenvalue weighted by Gasteiger charge is -2.43. The van der Waals surface area contributed by atoms with Crippen LogP contribution >= 0.6 is 23.4 Å². The van der Waals surface area contributed by atoms with E-state index < -0.39 is 22.8 Å². The Kier molecular flexibility index (Phi) is 4.54. The fourth-order valence-corrected chi connectivity index (χ4v) is 5.10. The van der Waals surface area contributed by atoms with Crippen LogP contribution in [0.25, 0.3) is 0 Å². The van der Waals surface area contributed by atoms with Crippen molar-refractivity contribution in [2.24, 2.45) is 0 Å². The van der Waals surface area contributed by atoms with Crippen LogP contribution in [0, 0.1) is 0 Å². The Morgan fingerprint density at radius 3 is 2.68 bits per heavy atom. The maximum Gasteiger partial charge on any atom is 0.328 e. The van der Waals surface area contributed by atoms with Gasteiger partial charge in [-0.15, -0.1) is 11.8 Å². The second kappa shape index (κ2) is 6.78. The number of ether oxygens (including phenoxy) is 1. The summed E-state index contributed by atoms with van der Waals surface area (Å²) < 4.78 is 4.95. The number of anilines is 1. The molecule has 1 amide bonds. The van der Waals surface area contributed by atoms with E-state index in [0.717, 1.165) is 0 Å². The van der Waals surface area contributed by atoms with Crippen molar-refractivity contribution in [1.29, 1.82) is 0 Å². The third-order valence-corrected chi connectivity index (χ3v) is 6.24. The highest BCUT2D eigenvalue weighted by atomic mass is 35.5. The van der Waals surface area contributed by atoms with Crippen molar-refractivity contribution in [3.05, 3.63) is 35.6 Å². The SMILES string of the molecule is CC1(C)S[C@@H]2[C@H](Nc3nc(Cl)nc(Oc4ccccc4)n3)C(=O)N2[C@H]1C(=O)O. The Morgan fingerprint density at radius 1 is 1.29 bits per heavy atom. The molecule has 4 rings (SSSR count). The van der Waals surface area contributed by atoms with E-state index in [1.54, 1.807) is 24.3 Å². The molecule has 3 heterocycles. The summed E-state index contributed by atoms with van der Waals surface area (Å²) >= 11 is 7.38. The number of hydrogen-bond acceptors (Lipinski definition) is 8. The maximum atomic E-state index is 12.6. The molecule has 3 atom stereocenters. The number of thioether (sulfide) groups is 1. The highest BCUT2D eigenvalue weighted by Gasteiger charge is 2.64. The van der Waals surface area contributed by atoms with E-state index in [-0.39, 0.29) is 28.5 Å². The molecule has 0 aliphatic carbocycles. The largest absolute Gasteiger partial charge is 0.480 e. The van der Waals surface area contributed by atoms with Gasteiger partial charge in [-0.3, -0.25) is 4.79 Å². The first kappa shape index (κ1) is 18.8.